The highest BCUT2D eigenvalue weighted by molar-refractivity contribution is 7.98. The maximum absolute atomic E-state index is 5.81. The minimum Gasteiger partial charge on any atom is -0.494 e. The predicted octanol–water partition coefficient (Wildman–Crippen LogP) is 4.36. The van der Waals surface area contributed by atoms with Crippen molar-refractivity contribution in [2.75, 3.05) is 6.61 Å². The molecule has 0 saturated heterocycles. The third kappa shape index (κ3) is 3.08. The van der Waals surface area contributed by atoms with Crippen LogP contribution in [0.4, 0.5) is 0 Å². The topological polar surface area (TPSA) is 50.8 Å². The first-order valence-corrected chi connectivity index (χ1v) is 8.28. The number of thiazole rings is 1. The van der Waals surface area contributed by atoms with E-state index >= 15 is 0 Å². The van der Waals surface area contributed by atoms with E-state index in [1.807, 2.05) is 25.1 Å². The summed E-state index contributed by atoms with van der Waals surface area (Å²) in [4.78, 5) is 13.0. The van der Waals surface area contributed by atoms with Crippen LogP contribution in [0.1, 0.15) is 11.8 Å². The number of hydrogen-bond acceptors (Lipinski definition) is 5. The van der Waals surface area contributed by atoms with Crippen LogP contribution in [0.5, 0.6) is 5.75 Å². The molecule has 1 N–H and O–H groups in total. The zero-order chi connectivity index (χ0) is 13.9. The highest BCUT2D eigenvalue weighted by Gasteiger charge is 2.06. The number of nitrogens with zero attached hydrogens (tertiary/aromatic N) is 2. The van der Waals surface area contributed by atoms with Crippen LogP contribution >= 0.6 is 34.7 Å². The van der Waals surface area contributed by atoms with E-state index in [0.717, 1.165) is 32.6 Å². The number of fused-ring (bicyclic) bond motifs is 1. The summed E-state index contributed by atoms with van der Waals surface area (Å²) in [5.41, 5.74) is 1.93. The SMILES string of the molecule is CCOc1ccc2nc(SCc3cnc(Cl)s3)[nH]c2c1. The van der Waals surface area contributed by atoms with Gasteiger partial charge in [0.15, 0.2) is 9.62 Å². The zero-order valence-corrected chi connectivity index (χ0v) is 13.1. The van der Waals surface area contributed by atoms with Gasteiger partial charge in [0.25, 0.3) is 0 Å². The van der Waals surface area contributed by atoms with Gasteiger partial charge in [-0.05, 0) is 19.1 Å². The Morgan fingerprint density at radius 2 is 2.35 bits per heavy atom. The molecule has 0 unspecified atom stereocenters. The summed E-state index contributed by atoms with van der Waals surface area (Å²) in [6, 6.07) is 5.87. The number of ether oxygens (including phenoxy) is 1. The second-order valence-corrected chi connectivity index (χ2v) is 6.68. The van der Waals surface area contributed by atoms with Crippen LogP contribution in [0.2, 0.25) is 4.47 Å². The van der Waals surface area contributed by atoms with Crippen LogP contribution in [0.3, 0.4) is 0 Å². The molecule has 4 nitrogen and oxygen atoms in total. The molecule has 1 aromatic carbocycles. The highest BCUT2D eigenvalue weighted by atomic mass is 35.5. The number of thioether (sulfide) groups is 1. The third-order valence-electron chi connectivity index (χ3n) is 2.62. The molecule has 0 bridgehead atoms. The van der Waals surface area contributed by atoms with Crippen LogP contribution in [0.15, 0.2) is 29.6 Å². The van der Waals surface area contributed by atoms with Crippen molar-refractivity contribution < 1.29 is 4.74 Å². The van der Waals surface area contributed by atoms with Gasteiger partial charge >= 0.3 is 0 Å². The monoisotopic (exact) mass is 325 g/mol. The van der Waals surface area contributed by atoms with Crippen LogP contribution < -0.4 is 4.74 Å². The van der Waals surface area contributed by atoms with Gasteiger partial charge in [-0.2, -0.15) is 0 Å². The molecule has 0 atom stereocenters. The van der Waals surface area contributed by atoms with Gasteiger partial charge in [-0.15, -0.1) is 11.3 Å². The molecule has 0 aliphatic heterocycles. The molecule has 3 rings (SSSR count). The number of rotatable bonds is 5. The maximum Gasteiger partial charge on any atom is 0.183 e. The number of halogens is 1. The maximum atomic E-state index is 5.81. The van der Waals surface area contributed by atoms with Gasteiger partial charge < -0.3 is 9.72 Å². The van der Waals surface area contributed by atoms with E-state index < -0.39 is 0 Å². The number of hydrogen-bond donors (Lipinski definition) is 1. The molecule has 7 heteroatoms. The number of benzene rings is 1. The lowest BCUT2D eigenvalue weighted by molar-refractivity contribution is 0.340. The Bertz CT molecular complexity index is 725. The largest absolute Gasteiger partial charge is 0.494 e. The lowest BCUT2D eigenvalue weighted by Crippen LogP contribution is -1.90. The van der Waals surface area contributed by atoms with Crippen molar-refractivity contribution in [3.05, 3.63) is 33.7 Å². The minimum atomic E-state index is 0.576. The lowest BCUT2D eigenvalue weighted by atomic mass is 10.3. The molecule has 0 radical (unpaired) electrons. The molecule has 0 saturated carbocycles. The second-order valence-electron chi connectivity index (χ2n) is 4.02. The molecule has 0 fully saturated rings. The van der Waals surface area contributed by atoms with Crippen molar-refractivity contribution in [3.63, 3.8) is 0 Å². The first kappa shape index (κ1) is 13.7. The third-order valence-corrected chi connectivity index (χ3v) is 4.84. The average Bonchev–Trinajstić information content (AvgIpc) is 3.02. The Balaban J connectivity index is 1.75. The Morgan fingerprint density at radius 3 is 3.10 bits per heavy atom. The van der Waals surface area contributed by atoms with Crippen molar-refractivity contribution in [1.82, 2.24) is 15.0 Å². The van der Waals surface area contributed by atoms with Gasteiger partial charge in [-0.3, -0.25) is 0 Å². The van der Waals surface area contributed by atoms with E-state index in [0.29, 0.717) is 11.1 Å². The van der Waals surface area contributed by atoms with Crippen molar-refractivity contribution in [2.24, 2.45) is 0 Å². The fraction of sp³-hybridized carbons (Fsp3) is 0.231. The molecule has 0 aliphatic carbocycles. The number of aromatic amines is 1. The second kappa shape index (κ2) is 6.03. The Kier molecular flexibility index (Phi) is 4.14. The quantitative estimate of drug-likeness (QED) is 0.708. The summed E-state index contributed by atoms with van der Waals surface area (Å²) >= 11 is 8.95. The van der Waals surface area contributed by atoms with Gasteiger partial charge in [-0.25, -0.2) is 9.97 Å². The molecule has 2 aromatic heterocycles. The molecule has 2 heterocycles. The molecule has 104 valence electrons. The van der Waals surface area contributed by atoms with Crippen LogP contribution in [0.25, 0.3) is 11.0 Å². The first-order chi connectivity index (χ1) is 9.74. The van der Waals surface area contributed by atoms with Crippen molar-refractivity contribution in [3.8, 4) is 5.75 Å². The Morgan fingerprint density at radius 1 is 1.45 bits per heavy atom. The fourth-order valence-electron chi connectivity index (χ4n) is 1.78. The Hall–Kier alpha value is -1.24. The van der Waals surface area contributed by atoms with E-state index in [-0.39, 0.29) is 0 Å². The molecule has 0 amide bonds. The van der Waals surface area contributed by atoms with Crippen LogP contribution in [-0.2, 0) is 5.75 Å². The van der Waals surface area contributed by atoms with Gasteiger partial charge in [0, 0.05) is 22.9 Å². The van der Waals surface area contributed by atoms with E-state index in [1.54, 1.807) is 18.0 Å². The summed E-state index contributed by atoms with van der Waals surface area (Å²) in [7, 11) is 0. The average molecular weight is 326 g/mol. The molecular formula is C13H12ClN3OS2. The smallest absolute Gasteiger partial charge is 0.183 e. The number of aromatic nitrogens is 3. The highest BCUT2D eigenvalue weighted by Crippen LogP contribution is 2.28. The minimum absolute atomic E-state index is 0.576. The Labute approximate surface area is 129 Å². The summed E-state index contributed by atoms with van der Waals surface area (Å²) in [6.45, 7) is 2.63. The van der Waals surface area contributed by atoms with E-state index in [4.69, 9.17) is 16.3 Å². The molecule has 20 heavy (non-hydrogen) atoms. The van der Waals surface area contributed by atoms with E-state index in [1.165, 1.54) is 11.3 Å². The van der Waals surface area contributed by atoms with Crippen molar-refractivity contribution in [1.29, 1.82) is 0 Å². The van der Waals surface area contributed by atoms with Gasteiger partial charge in [0.05, 0.1) is 17.6 Å². The summed E-state index contributed by atoms with van der Waals surface area (Å²) in [5.74, 6) is 1.66. The van der Waals surface area contributed by atoms with Crippen LogP contribution in [-0.4, -0.2) is 21.6 Å². The first-order valence-electron chi connectivity index (χ1n) is 6.10. The molecular weight excluding hydrogens is 314 g/mol. The predicted molar refractivity (Wildman–Crippen MR) is 83.9 cm³/mol. The number of nitrogens with one attached hydrogen (secondary N) is 1. The molecule has 0 spiro atoms. The normalized spacial score (nSPS) is 11.1. The lowest BCUT2D eigenvalue weighted by Gasteiger charge is -2.00. The summed E-state index contributed by atoms with van der Waals surface area (Å²) < 4.78 is 6.05. The number of H-pyrrole nitrogens is 1. The standard InChI is InChI=1S/C13H12ClN3OS2/c1-2-18-8-3-4-10-11(5-8)17-13(16-10)19-7-9-6-15-12(14)20-9/h3-6H,2,7H2,1H3,(H,16,17). The van der Waals surface area contributed by atoms with Crippen molar-refractivity contribution >= 4 is 45.7 Å². The van der Waals surface area contributed by atoms with Gasteiger partial charge in [0.2, 0.25) is 0 Å². The fourth-order valence-corrected chi connectivity index (χ4v) is 3.66. The van der Waals surface area contributed by atoms with E-state index in [2.05, 4.69) is 15.0 Å². The summed E-state index contributed by atoms with van der Waals surface area (Å²) in [6.07, 6.45) is 1.80. The molecule has 0 aliphatic rings. The summed E-state index contributed by atoms with van der Waals surface area (Å²) in [5, 5.41) is 0.887. The van der Waals surface area contributed by atoms with E-state index in [9.17, 15) is 0 Å². The van der Waals surface area contributed by atoms with Crippen molar-refractivity contribution in [2.45, 2.75) is 17.8 Å². The van der Waals surface area contributed by atoms with Gasteiger partial charge in [0.1, 0.15) is 5.75 Å². The van der Waals surface area contributed by atoms with Gasteiger partial charge in [-0.1, -0.05) is 23.4 Å². The molecule has 3 aromatic rings. The zero-order valence-electron chi connectivity index (χ0n) is 10.7. The number of imidazole rings is 1. The van der Waals surface area contributed by atoms with Crippen LogP contribution in [0, 0.1) is 0 Å².